The molecule has 2 N–H and O–H groups in total. The molecule has 28 heavy (non-hydrogen) atoms. The zero-order valence-corrected chi connectivity index (χ0v) is 18.6. The fourth-order valence-electron chi connectivity index (χ4n) is 3.53. The number of hydrogen-bond acceptors (Lipinski definition) is 2. The summed E-state index contributed by atoms with van der Waals surface area (Å²) in [5, 5.41) is 6.73. The highest BCUT2D eigenvalue weighted by atomic mass is 127. The second-order valence-corrected chi connectivity index (χ2v) is 6.86. The van der Waals surface area contributed by atoms with Crippen LogP contribution in [0.1, 0.15) is 30.1 Å². The maximum atomic E-state index is 13.3. The molecule has 0 aliphatic carbocycles. The molecule has 0 bridgehead atoms. The fraction of sp³-hybridized carbons (Fsp3) is 0.409. The third-order valence-electron chi connectivity index (χ3n) is 4.92. The van der Waals surface area contributed by atoms with Crippen molar-refractivity contribution in [3.8, 4) is 0 Å². The van der Waals surface area contributed by atoms with E-state index < -0.39 is 0 Å². The zero-order chi connectivity index (χ0) is 18.9. The lowest BCUT2D eigenvalue weighted by molar-refractivity contribution is -0.0265. The predicted molar refractivity (Wildman–Crippen MR) is 123 cm³/mol. The van der Waals surface area contributed by atoms with Gasteiger partial charge in [0.25, 0.3) is 0 Å². The Morgan fingerprint density at radius 1 is 1.14 bits per heavy atom. The molecule has 2 aromatic rings. The molecule has 0 amide bonds. The van der Waals surface area contributed by atoms with Crippen LogP contribution in [0.3, 0.4) is 0 Å². The first-order valence-corrected chi connectivity index (χ1v) is 9.62. The highest BCUT2D eigenvalue weighted by molar-refractivity contribution is 14.0. The topological polar surface area (TPSA) is 45.7 Å². The summed E-state index contributed by atoms with van der Waals surface area (Å²) in [6.45, 7) is 2.32. The van der Waals surface area contributed by atoms with Gasteiger partial charge in [-0.05, 0) is 42.5 Å². The molecule has 1 aliphatic heterocycles. The van der Waals surface area contributed by atoms with Crippen LogP contribution in [-0.4, -0.2) is 32.7 Å². The first-order chi connectivity index (χ1) is 13.3. The number of nitrogens with zero attached hydrogens (tertiary/aromatic N) is 1. The first kappa shape index (κ1) is 22.6. The molecular weight excluding hydrogens is 468 g/mol. The summed E-state index contributed by atoms with van der Waals surface area (Å²) >= 11 is 0. The number of aliphatic imine (C=N–C) groups is 1. The van der Waals surface area contributed by atoms with Crippen LogP contribution in [0.15, 0.2) is 59.6 Å². The number of hydrogen-bond donors (Lipinski definition) is 2. The molecule has 2 atom stereocenters. The summed E-state index contributed by atoms with van der Waals surface area (Å²) in [7, 11) is 1.77. The van der Waals surface area contributed by atoms with Crippen LogP contribution < -0.4 is 10.6 Å². The highest BCUT2D eigenvalue weighted by Gasteiger charge is 2.27. The Balaban J connectivity index is 0.00000280. The van der Waals surface area contributed by atoms with E-state index in [1.54, 1.807) is 19.2 Å². The van der Waals surface area contributed by atoms with Gasteiger partial charge in [-0.3, -0.25) is 4.99 Å². The number of guanidine groups is 1. The van der Waals surface area contributed by atoms with E-state index in [0.717, 1.165) is 43.9 Å². The van der Waals surface area contributed by atoms with E-state index >= 15 is 0 Å². The maximum absolute atomic E-state index is 13.3. The minimum atomic E-state index is -0.195. The normalized spacial score (nSPS) is 19.6. The molecule has 0 spiro atoms. The van der Waals surface area contributed by atoms with Crippen molar-refractivity contribution in [3.05, 3.63) is 71.5 Å². The van der Waals surface area contributed by atoms with Gasteiger partial charge < -0.3 is 15.4 Å². The van der Waals surface area contributed by atoms with E-state index in [1.807, 2.05) is 12.1 Å². The minimum absolute atomic E-state index is 0. The molecule has 2 aromatic carbocycles. The van der Waals surface area contributed by atoms with Crippen LogP contribution in [0, 0.1) is 11.7 Å². The molecule has 1 fully saturated rings. The molecule has 0 radical (unpaired) electrons. The summed E-state index contributed by atoms with van der Waals surface area (Å²) in [6, 6.07) is 17.1. The average Bonchev–Trinajstić information content (AvgIpc) is 2.71. The predicted octanol–water partition coefficient (Wildman–Crippen LogP) is 4.32. The molecular formula is C22H29FIN3O. The largest absolute Gasteiger partial charge is 0.373 e. The summed E-state index contributed by atoms with van der Waals surface area (Å²) in [6.07, 6.45) is 3.09. The van der Waals surface area contributed by atoms with Gasteiger partial charge in [0.15, 0.2) is 5.96 Å². The van der Waals surface area contributed by atoms with E-state index in [2.05, 4.69) is 39.9 Å². The van der Waals surface area contributed by atoms with Crippen LogP contribution in [0.5, 0.6) is 0 Å². The molecule has 1 heterocycles. The monoisotopic (exact) mass is 497 g/mol. The van der Waals surface area contributed by atoms with Crippen LogP contribution in [0.2, 0.25) is 0 Å². The number of halogens is 2. The van der Waals surface area contributed by atoms with Gasteiger partial charge in [0.2, 0.25) is 0 Å². The lowest BCUT2D eigenvalue weighted by Crippen LogP contribution is -2.42. The number of rotatable bonds is 6. The molecule has 1 aliphatic rings. The summed E-state index contributed by atoms with van der Waals surface area (Å²) in [5.41, 5.74) is 2.21. The summed E-state index contributed by atoms with van der Waals surface area (Å²) < 4.78 is 19.3. The van der Waals surface area contributed by atoms with Crippen molar-refractivity contribution in [2.45, 2.75) is 25.4 Å². The minimum Gasteiger partial charge on any atom is -0.373 e. The van der Waals surface area contributed by atoms with Gasteiger partial charge in [-0.2, -0.15) is 0 Å². The van der Waals surface area contributed by atoms with Crippen molar-refractivity contribution in [1.29, 1.82) is 0 Å². The third-order valence-corrected chi connectivity index (χ3v) is 4.92. The fourth-order valence-corrected chi connectivity index (χ4v) is 3.53. The zero-order valence-electron chi connectivity index (χ0n) is 16.2. The Kier molecular flexibility index (Phi) is 9.70. The molecule has 0 saturated carbocycles. The molecule has 4 nitrogen and oxygen atoms in total. The van der Waals surface area contributed by atoms with Crippen molar-refractivity contribution >= 4 is 29.9 Å². The van der Waals surface area contributed by atoms with Gasteiger partial charge in [-0.25, -0.2) is 4.39 Å². The van der Waals surface area contributed by atoms with Crippen molar-refractivity contribution in [2.75, 3.05) is 26.7 Å². The van der Waals surface area contributed by atoms with Crippen LogP contribution in [0.4, 0.5) is 4.39 Å². The Morgan fingerprint density at radius 3 is 2.71 bits per heavy atom. The molecule has 1 saturated heterocycles. The van der Waals surface area contributed by atoms with Gasteiger partial charge in [0.05, 0.1) is 6.10 Å². The van der Waals surface area contributed by atoms with Crippen molar-refractivity contribution in [3.63, 3.8) is 0 Å². The van der Waals surface area contributed by atoms with E-state index in [-0.39, 0.29) is 35.9 Å². The smallest absolute Gasteiger partial charge is 0.190 e. The van der Waals surface area contributed by atoms with E-state index in [9.17, 15) is 4.39 Å². The van der Waals surface area contributed by atoms with E-state index in [0.29, 0.717) is 12.5 Å². The molecule has 3 rings (SSSR count). The summed E-state index contributed by atoms with van der Waals surface area (Å²) in [4.78, 5) is 4.30. The standard InChI is InChI=1S/C22H28FN3O.HI/c1-24-22(25-13-12-17-7-5-11-20(23)15-17)26-16-19-10-6-14-27-21(19)18-8-3-2-4-9-18;/h2-5,7-9,11,15,19,21H,6,10,12-14,16H2,1H3,(H2,24,25,26);1H. The van der Waals surface area contributed by atoms with Crippen LogP contribution in [0.25, 0.3) is 0 Å². The van der Waals surface area contributed by atoms with E-state index in [4.69, 9.17) is 4.74 Å². The Bertz CT molecular complexity index is 742. The summed E-state index contributed by atoms with van der Waals surface area (Å²) in [5.74, 6) is 0.978. The second kappa shape index (κ2) is 12.0. The van der Waals surface area contributed by atoms with Crippen molar-refractivity contribution < 1.29 is 9.13 Å². The van der Waals surface area contributed by atoms with Gasteiger partial charge >= 0.3 is 0 Å². The van der Waals surface area contributed by atoms with Crippen LogP contribution in [-0.2, 0) is 11.2 Å². The highest BCUT2D eigenvalue weighted by Crippen LogP contribution is 2.32. The third kappa shape index (κ3) is 6.74. The SMILES string of the molecule is CN=C(NCCc1cccc(F)c1)NCC1CCCOC1c1ccccc1.I. The van der Waals surface area contributed by atoms with Gasteiger partial charge in [-0.1, -0.05) is 42.5 Å². The van der Waals surface area contributed by atoms with Crippen molar-refractivity contribution in [1.82, 2.24) is 10.6 Å². The average molecular weight is 497 g/mol. The number of nitrogens with one attached hydrogen (secondary N) is 2. The van der Waals surface area contributed by atoms with Gasteiger partial charge in [0, 0.05) is 32.7 Å². The second-order valence-electron chi connectivity index (χ2n) is 6.86. The first-order valence-electron chi connectivity index (χ1n) is 9.62. The quantitative estimate of drug-likeness (QED) is 0.355. The number of ether oxygens (including phenoxy) is 1. The van der Waals surface area contributed by atoms with Crippen molar-refractivity contribution in [2.24, 2.45) is 10.9 Å². The molecule has 0 aromatic heterocycles. The lowest BCUT2D eigenvalue weighted by atomic mass is 9.89. The lowest BCUT2D eigenvalue weighted by Gasteiger charge is -2.32. The van der Waals surface area contributed by atoms with Gasteiger partial charge in [-0.15, -0.1) is 24.0 Å². The Labute approximate surface area is 184 Å². The van der Waals surface area contributed by atoms with E-state index in [1.165, 1.54) is 11.6 Å². The number of benzene rings is 2. The van der Waals surface area contributed by atoms with Crippen LogP contribution >= 0.6 is 24.0 Å². The Morgan fingerprint density at radius 2 is 1.96 bits per heavy atom. The Hall–Kier alpha value is -1.67. The maximum Gasteiger partial charge on any atom is 0.190 e. The molecule has 6 heteroatoms. The molecule has 152 valence electrons. The van der Waals surface area contributed by atoms with Gasteiger partial charge in [0.1, 0.15) is 5.82 Å². The molecule has 2 unspecified atom stereocenters.